The van der Waals surface area contributed by atoms with E-state index in [0.29, 0.717) is 36.0 Å². The predicted octanol–water partition coefficient (Wildman–Crippen LogP) is 7.83. The van der Waals surface area contributed by atoms with Crippen molar-refractivity contribution in [2.45, 2.75) is 129 Å². The Morgan fingerprint density at radius 1 is 1.09 bits per heavy atom. The van der Waals surface area contributed by atoms with Gasteiger partial charge in [0.25, 0.3) is 0 Å². The maximum atomic E-state index is 12.9. The second kappa shape index (κ2) is 8.78. The van der Waals surface area contributed by atoms with E-state index < -0.39 is 23.8 Å². The summed E-state index contributed by atoms with van der Waals surface area (Å²) in [7, 11) is 0. The smallest absolute Gasteiger partial charge is 0.390 e. The van der Waals surface area contributed by atoms with Gasteiger partial charge >= 0.3 is 6.18 Å². The van der Waals surface area contributed by atoms with E-state index in [9.17, 15) is 23.4 Å². The quantitative estimate of drug-likeness (QED) is 0.377. The lowest BCUT2D eigenvalue weighted by atomic mass is 9.46. The van der Waals surface area contributed by atoms with Crippen molar-refractivity contribution in [2.75, 3.05) is 0 Å². The first-order chi connectivity index (χ1) is 15.6. The van der Waals surface area contributed by atoms with Crippen molar-refractivity contribution in [3.8, 4) is 0 Å². The molecule has 34 heavy (non-hydrogen) atoms. The first-order valence-electron chi connectivity index (χ1n) is 13.8. The molecule has 0 bridgehead atoms. The molecule has 3 fully saturated rings. The van der Waals surface area contributed by atoms with E-state index in [-0.39, 0.29) is 17.3 Å². The Kier molecular flexibility index (Phi) is 6.85. The fourth-order valence-electron chi connectivity index (χ4n) is 9.25. The van der Waals surface area contributed by atoms with Crippen LogP contribution in [0.1, 0.15) is 112 Å². The number of allylic oxidation sites excluding steroid dienone is 1. The minimum Gasteiger partial charge on any atom is -0.390 e. The first kappa shape index (κ1) is 26.5. The molecule has 4 aliphatic carbocycles. The average molecular weight is 485 g/mol. The minimum atomic E-state index is -4.33. The highest BCUT2D eigenvalue weighted by atomic mass is 19.4. The zero-order chi connectivity index (χ0) is 25.2. The van der Waals surface area contributed by atoms with Crippen LogP contribution in [0.25, 0.3) is 0 Å². The summed E-state index contributed by atoms with van der Waals surface area (Å²) in [5.41, 5.74) is -0.239. The molecule has 0 aromatic heterocycles. The lowest BCUT2D eigenvalue weighted by Crippen LogP contribution is -2.52. The summed E-state index contributed by atoms with van der Waals surface area (Å²) in [5, 5.41) is 21.3. The summed E-state index contributed by atoms with van der Waals surface area (Å²) in [6.45, 7) is 10.6. The highest BCUT2D eigenvalue weighted by molar-refractivity contribution is 5.27. The normalized spacial score (nSPS) is 44.9. The molecule has 0 radical (unpaired) electrons. The van der Waals surface area contributed by atoms with Crippen molar-refractivity contribution in [1.82, 2.24) is 0 Å². The first-order valence-corrected chi connectivity index (χ1v) is 13.8. The van der Waals surface area contributed by atoms with Crippen LogP contribution in [-0.2, 0) is 0 Å². The molecule has 0 aliphatic heterocycles. The molecule has 5 heteroatoms. The van der Waals surface area contributed by atoms with E-state index in [2.05, 4.69) is 33.8 Å². The molecular weight excluding hydrogens is 437 g/mol. The molecule has 0 unspecified atom stereocenters. The van der Waals surface area contributed by atoms with Crippen LogP contribution in [0.3, 0.4) is 0 Å². The molecular formula is C29H47F3O2. The maximum absolute atomic E-state index is 12.9. The second-order valence-electron chi connectivity index (χ2n) is 13.5. The summed E-state index contributed by atoms with van der Waals surface area (Å²) in [6.07, 6.45) is 7.48. The van der Waals surface area contributed by atoms with Crippen LogP contribution in [0.2, 0.25) is 0 Å². The Hall–Kier alpha value is -0.550. The van der Waals surface area contributed by atoms with Gasteiger partial charge in [0.2, 0.25) is 0 Å². The van der Waals surface area contributed by atoms with Crippen LogP contribution >= 0.6 is 0 Å². The van der Waals surface area contributed by atoms with E-state index >= 15 is 0 Å². The van der Waals surface area contributed by atoms with Gasteiger partial charge in [-0.3, -0.25) is 0 Å². The van der Waals surface area contributed by atoms with Gasteiger partial charge in [0, 0.05) is 0 Å². The van der Waals surface area contributed by atoms with Crippen LogP contribution in [0, 0.1) is 40.4 Å². The van der Waals surface area contributed by atoms with Gasteiger partial charge in [-0.15, -0.1) is 0 Å². The lowest BCUT2D eigenvalue weighted by Gasteiger charge is -2.59. The highest BCUT2D eigenvalue weighted by Crippen LogP contribution is 2.68. The molecule has 4 aliphatic rings. The van der Waals surface area contributed by atoms with Gasteiger partial charge < -0.3 is 10.2 Å². The summed E-state index contributed by atoms with van der Waals surface area (Å²) >= 11 is 0. The van der Waals surface area contributed by atoms with Gasteiger partial charge in [-0.05, 0) is 118 Å². The Morgan fingerprint density at radius 2 is 1.79 bits per heavy atom. The van der Waals surface area contributed by atoms with Crippen LogP contribution < -0.4 is 0 Å². The summed E-state index contributed by atoms with van der Waals surface area (Å²) in [6, 6.07) is 0. The van der Waals surface area contributed by atoms with Gasteiger partial charge in [0.15, 0.2) is 0 Å². The molecule has 0 amide bonds. The largest absolute Gasteiger partial charge is 0.391 e. The standard InChI is InChI=1S/C29H47F3O2/c1-6-28(34)16-15-26(4)20(17-28)7-8-21-23-10-9-22(27(23,5)14-12-24(21)26)19(2)11-13-25(3,33)18-29(30,31)32/h7,19,21-24,33-34H,6,8-18H2,1-5H3/t19-,21+,22-,23+,24+,25-,26+,27-,28+/m1/s1. The Morgan fingerprint density at radius 3 is 2.44 bits per heavy atom. The number of halogens is 3. The molecule has 0 aromatic carbocycles. The number of fused-ring (bicyclic) bond motifs is 5. The number of aliphatic hydroxyl groups is 2. The maximum Gasteiger partial charge on any atom is 0.391 e. The van der Waals surface area contributed by atoms with Gasteiger partial charge in [-0.1, -0.05) is 39.3 Å². The van der Waals surface area contributed by atoms with Crippen molar-refractivity contribution in [3.63, 3.8) is 0 Å². The third-order valence-electron chi connectivity index (χ3n) is 11.4. The van der Waals surface area contributed by atoms with Crippen LogP contribution in [-0.4, -0.2) is 27.6 Å². The second-order valence-corrected chi connectivity index (χ2v) is 13.5. The van der Waals surface area contributed by atoms with Crippen LogP contribution in [0.4, 0.5) is 13.2 Å². The summed E-state index contributed by atoms with van der Waals surface area (Å²) in [4.78, 5) is 0. The molecule has 4 rings (SSSR count). The van der Waals surface area contributed by atoms with Gasteiger partial charge in [0.1, 0.15) is 0 Å². The topological polar surface area (TPSA) is 40.5 Å². The van der Waals surface area contributed by atoms with Crippen molar-refractivity contribution in [3.05, 3.63) is 11.6 Å². The molecule has 2 N–H and O–H groups in total. The number of rotatable bonds is 6. The van der Waals surface area contributed by atoms with Crippen molar-refractivity contribution < 1.29 is 23.4 Å². The third kappa shape index (κ3) is 4.74. The molecule has 2 nitrogen and oxygen atoms in total. The number of alkyl halides is 3. The summed E-state index contributed by atoms with van der Waals surface area (Å²) < 4.78 is 38.6. The molecule has 3 saturated carbocycles. The monoisotopic (exact) mass is 484 g/mol. The van der Waals surface area contributed by atoms with Gasteiger partial charge in [0.05, 0.1) is 17.6 Å². The molecule has 0 heterocycles. The molecule has 0 spiro atoms. The summed E-state index contributed by atoms with van der Waals surface area (Å²) in [5.74, 6) is 2.90. The van der Waals surface area contributed by atoms with Crippen molar-refractivity contribution in [1.29, 1.82) is 0 Å². The molecule has 0 aromatic rings. The Bertz CT molecular complexity index is 789. The average Bonchev–Trinajstić information content (AvgIpc) is 3.08. The lowest BCUT2D eigenvalue weighted by molar-refractivity contribution is -0.174. The fourth-order valence-corrected chi connectivity index (χ4v) is 9.25. The minimum absolute atomic E-state index is 0.210. The van der Waals surface area contributed by atoms with Gasteiger partial charge in [-0.25, -0.2) is 0 Å². The van der Waals surface area contributed by atoms with E-state index in [1.807, 2.05) is 0 Å². The molecule has 196 valence electrons. The van der Waals surface area contributed by atoms with Crippen LogP contribution in [0.15, 0.2) is 11.6 Å². The Balaban J connectivity index is 1.46. The highest BCUT2D eigenvalue weighted by Gasteiger charge is 2.59. The van der Waals surface area contributed by atoms with E-state index in [4.69, 9.17) is 0 Å². The molecule has 0 saturated heterocycles. The fraction of sp³-hybridized carbons (Fsp3) is 0.931. The van der Waals surface area contributed by atoms with Crippen molar-refractivity contribution >= 4 is 0 Å². The Labute approximate surface area is 204 Å². The zero-order valence-corrected chi connectivity index (χ0v) is 22.0. The van der Waals surface area contributed by atoms with Crippen LogP contribution in [0.5, 0.6) is 0 Å². The zero-order valence-electron chi connectivity index (χ0n) is 22.0. The van der Waals surface area contributed by atoms with Gasteiger partial charge in [-0.2, -0.15) is 13.2 Å². The molecule has 9 atom stereocenters. The third-order valence-corrected chi connectivity index (χ3v) is 11.4. The SMILES string of the molecule is CC[C@]1(O)CC[C@@]2(C)C(=CC[C@H]3[C@@H]4CC[C@H]([C@H](C)CC[C@@](C)(O)CC(F)(F)F)[C@@]4(C)CC[C@@H]32)C1. The van der Waals surface area contributed by atoms with E-state index in [0.717, 1.165) is 38.5 Å². The number of hydrogen-bond donors (Lipinski definition) is 2. The number of hydrogen-bond acceptors (Lipinski definition) is 2. The predicted molar refractivity (Wildman–Crippen MR) is 130 cm³/mol. The van der Waals surface area contributed by atoms with Crippen molar-refractivity contribution in [2.24, 2.45) is 40.4 Å². The van der Waals surface area contributed by atoms with E-state index in [1.165, 1.54) is 31.8 Å². The van der Waals surface area contributed by atoms with E-state index in [1.54, 1.807) is 0 Å².